The van der Waals surface area contributed by atoms with Crippen LogP contribution in [0.4, 0.5) is 5.82 Å². The van der Waals surface area contributed by atoms with Crippen molar-refractivity contribution in [3.8, 4) is 0 Å². The average Bonchev–Trinajstić information content (AvgIpc) is 3.21. The molecule has 1 fully saturated rings. The van der Waals surface area contributed by atoms with E-state index in [9.17, 15) is 0 Å². The van der Waals surface area contributed by atoms with Crippen LogP contribution in [0.15, 0.2) is 29.8 Å². The lowest BCUT2D eigenvalue weighted by Gasteiger charge is -2.34. The molecule has 1 unspecified atom stereocenters. The van der Waals surface area contributed by atoms with Gasteiger partial charge in [0.1, 0.15) is 5.82 Å². The maximum Gasteiger partial charge on any atom is 0.129 e. The molecule has 1 N–H and O–H groups in total. The Balaban J connectivity index is 1.54. The van der Waals surface area contributed by atoms with Gasteiger partial charge in [-0.2, -0.15) is 0 Å². The van der Waals surface area contributed by atoms with Gasteiger partial charge >= 0.3 is 0 Å². The van der Waals surface area contributed by atoms with Gasteiger partial charge in [-0.25, -0.2) is 4.98 Å². The molecule has 1 atom stereocenters. The number of aromatic nitrogens is 1. The van der Waals surface area contributed by atoms with Crippen LogP contribution in [0.3, 0.4) is 0 Å². The van der Waals surface area contributed by atoms with Crippen molar-refractivity contribution >= 4 is 17.2 Å². The first-order valence-corrected chi connectivity index (χ1v) is 8.70. The standard InChI is InChI=1S/C17H21N3S/c1-12-15-6-9-21-16(15)5-8-20(12)17-10-13(4-7-18-17)11-19-14-2-3-14/h4,6-7,9-10,12,14,19H,2-3,5,8,11H2,1H3. The third-order valence-electron chi connectivity index (χ3n) is 4.55. The highest BCUT2D eigenvalue weighted by molar-refractivity contribution is 7.10. The Morgan fingerprint density at radius 2 is 2.29 bits per heavy atom. The van der Waals surface area contributed by atoms with Gasteiger partial charge in [-0.15, -0.1) is 11.3 Å². The van der Waals surface area contributed by atoms with Crippen LogP contribution in [0.2, 0.25) is 0 Å². The molecular weight excluding hydrogens is 278 g/mol. The number of pyridine rings is 1. The van der Waals surface area contributed by atoms with Gasteiger partial charge in [0, 0.05) is 30.2 Å². The zero-order chi connectivity index (χ0) is 14.2. The Kier molecular flexibility index (Phi) is 3.43. The molecule has 0 spiro atoms. The Morgan fingerprint density at radius 1 is 1.38 bits per heavy atom. The molecule has 2 aromatic heterocycles. The third kappa shape index (κ3) is 2.70. The summed E-state index contributed by atoms with van der Waals surface area (Å²) in [5.41, 5.74) is 2.82. The summed E-state index contributed by atoms with van der Waals surface area (Å²) in [6, 6.07) is 7.84. The second-order valence-electron chi connectivity index (χ2n) is 6.10. The highest BCUT2D eigenvalue weighted by Crippen LogP contribution is 2.35. The average molecular weight is 299 g/mol. The lowest BCUT2D eigenvalue weighted by atomic mass is 10.0. The van der Waals surface area contributed by atoms with Crippen LogP contribution in [0.25, 0.3) is 0 Å². The fraction of sp³-hybridized carbons (Fsp3) is 0.471. The van der Waals surface area contributed by atoms with Crippen molar-refractivity contribution in [1.29, 1.82) is 0 Å². The van der Waals surface area contributed by atoms with Crippen LogP contribution in [-0.4, -0.2) is 17.6 Å². The number of fused-ring (bicyclic) bond motifs is 1. The van der Waals surface area contributed by atoms with Crippen molar-refractivity contribution in [3.63, 3.8) is 0 Å². The Hall–Kier alpha value is -1.39. The van der Waals surface area contributed by atoms with Crippen LogP contribution in [0.5, 0.6) is 0 Å². The van der Waals surface area contributed by atoms with Gasteiger partial charge in [-0.3, -0.25) is 0 Å². The minimum atomic E-state index is 0.430. The largest absolute Gasteiger partial charge is 0.349 e. The second-order valence-corrected chi connectivity index (χ2v) is 7.10. The van der Waals surface area contributed by atoms with Gasteiger partial charge in [-0.05, 0) is 60.9 Å². The number of anilines is 1. The smallest absolute Gasteiger partial charge is 0.129 e. The fourth-order valence-electron chi connectivity index (χ4n) is 3.10. The van der Waals surface area contributed by atoms with Crippen molar-refractivity contribution in [3.05, 3.63) is 45.8 Å². The molecule has 1 aliphatic heterocycles. The van der Waals surface area contributed by atoms with Gasteiger partial charge in [0.2, 0.25) is 0 Å². The van der Waals surface area contributed by atoms with Crippen LogP contribution in [-0.2, 0) is 13.0 Å². The van der Waals surface area contributed by atoms with E-state index in [4.69, 9.17) is 0 Å². The number of rotatable bonds is 4. The summed E-state index contributed by atoms with van der Waals surface area (Å²) in [4.78, 5) is 8.60. The molecule has 2 aliphatic rings. The first-order valence-electron chi connectivity index (χ1n) is 7.82. The number of hydrogen-bond donors (Lipinski definition) is 1. The summed E-state index contributed by atoms with van der Waals surface area (Å²) in [7, 11) is 0. The summed E-state index contributed by atoms with van der Waals surface area (Å²) in [6.45, 7) is 4.33. The van der Waals surface area contributed by atoms with E-state index in [1.807, 2.05) is 17.5 Å². The molecule has 2 aromatic rings. The monoisotopic (exact) mass is 299 g/mol. The van der Waals surface area contributed by atoms with Gasteiger partial charge < -0.3 is 10.2 Å². The molecule has 110 valence electrons. The van der Waals surface area contributed by atoms with Crippen molar-refractivity contribution in [1.82, 2.24) is 10.3 Å². The molecule has 3 nitrogen and oxygen atoms in total. The lowest BCUT2D eigenvalue weighted by Crippen LogP contribution is -2.33. The first-order chi connectivity index (χ1) is 10.3. The molecule has 0 saturated heterocycles. The fourth-order valence-corrected chi connectivity index (χ4v) is 4.06. The van der Waals surface area contributed by atoms with Crippen LogP contribution < -0.4 is 10.2 Å². The lowest BCUT2D eigenvalue weighted by molar-refractivity contribution is 0.623. The predicted octanol–water partition coefficient (Wildman–Crippen LogP) is 3.52. The molecule has 0 radical (unpaired) electrons. The van der Waals surface area contributed by atoms with E-state index in [-0.39, 0.29) is 0 Å². The topological polar surface area (TPSA) is 28.2 Å². The molecule has 1 saturated carbocycles. The molecule has 21 heavy (non-hydrogen) atoms. The van der Waals surface area contributed by atoms with Crippen molar-refractivity contribution in [2.45, 2.75) is 44.8 Å². The normalized spacial score (nSPS) is 21.4. The molecule has 0 amide bonds. The van der Waals surface area contributed by atoms with E-state index in [2.05, 4.69) is 45.7 Å². The Morgan fingerprint density at radius 3 is 3.14 bits per heavy atom. The summed E-state index contributed by atoms with van der Waals surface area (Å²) < 4.78 is 0. The maximum atomic E-state index is 4.62. The van der Waals surface area contributed by atoms with Gasteiger partial charge in [0.25, 0.3) is 0 Å². The highest BCUT2D eigenvalue weighted by atomic mass is 32.1. The summed E-state index contributed by atoms with van der Waals surface area (Å²) >= 11 is 1.89. The minimum Gasteiger partial charge on any atom is -0.349 e. The van der Waals surface area contributed by atoms with E-state index < -0.39 is 0 Å². The highest BCUT2D eigenvalue weighted by Gasteiger charge is 2.26. The number of hydrogen-bond acceptors (Lipinski definition) is 4. The number of nitrogens with one attached hydrogen (secondary N) is 1. The zero-order valence-corrected chi connectivity index (χ0v) is 13.2. The van der Waals surface area contributed by atoms with E-state index >= 15 is 0 Å². The molecule has 0 bridgehead atoms. The summed E-state index contributed by atoms with van der Waals surface area (Å²) in [6.07, 6.45) is 5.77. The molecule has 4 rings (SSSR count). The summed E-state index contributed by atoms with van der Waals surface area (Å²) in [5, 5.41) is 5.80. The van der Waals surface area contributed by atoms with Crippen LogP contribution in [0, 0.1) is 0 Å². The van der Waals surface area contributed by atoms with Crippen LogP contribution in [0.1, 0.15) is 41.8 Å². The van der Waals surface area contributed by atoms with Crippen molar-refractivity contribution < 1.29 is 0 Å². The Labute approximate surface area is 130 Å². The van der Waals surface area contributed by atoms with Gasteiger partial charge in [0.15, 0.2) is 0 Å². The van der Waals surface area contributed by atoms with Crippen molar-refractivity contribution in [2.75, 3.05) is 11.4 Å². The SMILES string of the molecule is CC1c2ccsc2CCN1c1cc(CNC2CC2)ccn1. The molecule has 3 heterocycles. The predicted molar refractivity (Wildman–Crippen MR) is 87.9 cm³/mol. The first kappa shape index (κ1) is 13.3. The zero-order valence-electron chi connectivity index (χ0n) is 12.4. The molecule has 0 aromatic carbocycles. The minimum absolute atomic E-state index is 0.430. The van der Waals surface area contributed by atoms with Gasteiger partial charge in [0.05, 0.1) is 6.04 Å². The van der Waals surface area contributed by atoms with E-state index in [0.717, 1.165) is 31.4 Å². The van der Waals surface area contributed by atoms with Gasteiger partial charge in [-0.1, -0.05) is 0 Å². The number of nitrogens with zero attached hydrogens (tertiary/aromatic N) is 2. The quantitative estimate of drug-likeness (QED) is 0.936. The molecule has 4 heteroatoms. The van der Waals surface area contributed by atoms with E-state index in [1.165, 1.54) is 24.0 Å². The second kappa shape index (κ2) is 5.43. The summed E-state index contributed by atoms with van der Waals surface area (Å²) in [5.74, 6) is 1.12. The van der Waals surface area contributed by atoms with E-state index in [0.29, 0.717) is 6.04 Å². The number of thiophene rings is 1. The maximum absolute atomic E-state index is 4.62. The molecular formula is C17H21N3S. The van der Waals surface area contributed by atoms with Crippen LogP contribution >= 0.6 is 11.3 Å². The van der Waals surface area contributed by atoms with E-state index in [1.54, 1.807) is 4.88 Å². The van der Waals surface area contributed by atoms with Crippen molar-refractivity contribution in [2.24, 2.45) is 0 Å². The third-order valence-corrected chi connectivity index (χ3v) is 5.55. The molecule has 1 aliphatic carbocycles. The Bertz CT molecular complexity index is 632.